The summed E-state index contributed by atoms with van der Waals surface area (Å²) < 4.78 is 78.3. The zero-order valence-corrected chi connectivity index (χ0v) is 14.5. The molecule has 2 aromatic carbocycles. The van der Waals surface area contributed by atoms with Crippen molar-refractivity contribution < 1.29 is 30.8 Å². The summed E-state index contributed by atoms with van der Waals surface area (Å²) in [6.07, 6.45) is -6.22. The van der Waals surface area contributed by atoms with Crippen molar-refractivity contribution >= 4 is 27.3 Å². The number of aryl methyl sites for hydroxylation is 1. The Morgan fingerprint density at radius 3 is 2.48 bits per heavy atom. The quantitative estimate of drug-likeness (QED) is 0.673. The molecule has 1 amide bonds. The van der Waals surface area contributed by atoms with Crippen LogP contribution in [-0.2, 0) is 21.0 Å². The van der Waals surface area contributed by atoms with Crippen LogP contribution in [0.5, 0.6) is 0 Å². The Hall–Kier alpha value is -2.66. The highest BCUT2D eigenvalue weighted by atomic mass is 32.2. The van der Waals surface area contributed by atoms with Gasteiger partial charge in [0.2, 0.25) is 10.0 Å². The number of carbonyl (C=O) groups is 1. The Kier molecular flexibility index (Phi) is 4.60. The monoisotopic (exact) mass is 403 g/mol. The Morgan fingerprint density at radius 1 is 1.15 bits per heavy atom. The second kappa shape index (κ2) is 6.50. The molecule has 1 heterocycles. The zero-order chi connectivity index (χ0) is 20.0. The highest BCUT2D eigenvalue weighted by Crippen LogP contribution is 2.35. The molecule has 0 saturated carbocycles. The van der Waals surface area contributed by atoms with E-state index in [0.717, 1.165) is 12.1 Å². The molecule has 0 aliphatic carbocycles. The van der Waals surface area contributed by atoms with Crippen LogP contribution in [0.25, 0.3) is 0 Å². The van der Waals surface area contributed by atoms with Crippen LogP contribution in [0.1, 0.15) is 11.1 Å². The number of nitrogens with one attached hydrogen (secondary N) is 3. The fraction of sp³-hybridized carbons (Fsp3) is 0.188. The normalized spacial score (nSPS) is 18.3. The van der Waals surface area contributed by atoms with Gasteiger partial charge in [-0.1, -0.05) is 0 Å². The second-order valence-electron chi connectivity index (χ2n) is 5.86. The molecule has 0 bridgehead atoms. The summed E-state index contributed by atoms with van der Waals surface area (Å²) in [7, 11) is -4.21. The molecule has 11 heteroatoms. The summed E-state index contributed by atoms with van der Waals surface area (Å²) in [5, 5.41) is 4.84. The Morgan fingerprint density at radius 2 is 1.85 bits per heavy atom. The number of fused-ring (bicyclic) bond motifs is 1. The Labute approximate surface area is 151 Å². The maximum absolute atomic E-state index is 13.1. The third-order valence-corrected chi connectivity index (χ3v) is 5.36. The van der Waals surface area contributed by atoms with Gasteiger partial charge in [-0.3, -0.25) is 4.79 Å². The van der Waals surface area contributed by atoms with Crippen LogP contribution in [0.2, 0.25) is 0 Å². The van der Waals surface area contributed by atoms with Gasteiger partial charge >= 0.3 is 6.18 Å². The average Bonchev–Trinajstić information content (AvgIpc) is 2.55. The maximum atomic E-state index is 13.1. The molecule has 0 aromatic heterocycles. The molecule has 144 valence electrons. The fourth-order valence-electron chi connectivity index (χ4n) is 2.55. The summed E-state index contributed by atoms with van der Waals surface area (Å²) in [6.45, 7) is 1.53. The predicted molar refractivity (Wildman–Crippen MR) is 88.9 cm³/mol. The summed E-state index contributed by atoms with van der Waals surface area (Å²) in [6, 6.07) is 5.63. The van der Waals surface area contributed by atoms with Crippen LogP contribution in [0.15, 0.2) is 41.3 Å². The van der Waals surface area contributed by atoms with Gasteiger partial charge in [0, 0.05) is 5.69 Å². The van der Waals surface area contributed by atoms with Crippen molar-refractivity contribution in [3.63, 3.8) is 0 Å². The van der Waals surface area contributed by atoms with E-state index < -0.39 is 44.5 Å². The third kappa shape index (κ3) is 3.88. The van der Waals surface area contributed by atoms with Crippen LogP contribution in [0.3, 0.4) is 0 Å². The van der Waals surface area contributed by atoms with E-state index in [0.29, 0.717) is 17.7 Å². The van der Waals surface area contributed by atoms with E-state index in [4.69, 9.17) is 0 Å². The molecule has 3 N–H and O–H groups in total. The van der Waals surface area contributed by atoms with Gasteiger partial charge in [0.05, 0.1) is 11.3 Å². The molecule has 0 fully saturated rings. The number of benzene rings is 2. The number of amides is 1. The molecule has 0 spiro atoms. The SMILES string of the molecule is Cc1cc(F)ccc1NC(=O)C1Nc2cc(C(F)(F)F)ccc2S(=O)(=O)N1. The zero-order valence-electron chi connectivity index (χ0n) is 13.7. The van der Waals surface area contributed by atoms with Gasteiger partial charge in [-0.25, -0.2) is 12.8 Å². The number of hydrogen-bond donors (Lipinski definition) is 3. The van der Waals surface area contributed by atoms with E-state index in [1.807, 2.05) is 0 Å². The van der Waals surface area contributed by atoms with E-state index in [2.05, 4.69) is 15.4 Å². The van der Waals surface area contributed by atoms with Crippen molar-refractivity contribution in [3.05, 3.63) is 53.3 Å². The van der Waals surface area contributed by atoms with Gasteiger partial charge in [-0.15, -0.1) is 0 Å². The highest BCUT2D eigenvalue weighted by molar-refractivity contribution is 7.89. The first kappa shape index (κ1) is 19.1. The topological polar surface area (TPSA) is 87.3 Å². The number of rotatable bonds is 2. The van der Waals surface area contributed by atoms with Gasteiger partial charge in [0.15, 0.2) is 6.17 Å². The van der Waals surface area contributed by atoms with Crippen molar-refractivity contribution in [1.29, 1.82) is 0 Å². The summed E-state index contributed by atoms with van der Waals surface area (Å²) in [5.74, 6) is -1.38. The molecule has 3 rings (SSSR count). The lowest BCUT2D eigenvalue weighted by Crippen LogP contribution is -2.51. The molecular weight excluding hydrogens is 390 g/mol. The first-order chi connectivity index (χ1) is 12.5. The molecule has 1 aliphatic heterocycles. The number of halogens is 4. The smallest absolute Gasteiger partial charge is 0.360 e. The number of sulfonamides is 1. The van der Waals surface area contributed by atoms with E-state index in [9.17, 15) is 30.8 Å². The second-order valence-corrected chi connectivity index (χ2v) is 7.54. The van der Waals surface area contributed by atoms with Crippen LogP contribution in [0.4, 0.5) is 28.9 Å². The minimum atomic E-state index is -4.67. The van der Waals surface area contributed by atoms with Crippen molar-refractivity contribution in [2.45, 2.75) is 24.2 Å². The van der Waals surface area contributed by atoms with Crippen molar-refractivity contribution in [2.75, 3.05) is 10.6 Å². The summed E-state index contributed by atoms with van der Waals surface area (Å²) >= 11 is 0. The lowest BCUT2D eigenvalue weighted by molar-refractivity contribution is -0.137. The standard InChI is InChI=1S/C16H13F4N3O3S/c1-8-6-10(17)3-4-11(8)22-15(24)14-21-12-7-9(16(18,19)20)2-5-13(12)27(25,26)23-14/h2-7,14,21,23H,1H3,(H,22,24). The van der Waals surface area contributed by atoms with Gasteiger partial charge in [-0.05, 0) is 48.9 Å². The Balaban J connectivity index is 1.90. The van der Waals surface area contributed by atoms with Crippen molar-refractivity contribution in [1.82, 2.24) is 4.72 Å². The first-order valence-electron chi connectivity index (χ1n) is 7.54. The summed E-state index contributed by atoms with van der Waals surface area (Å²) in [4.78, 5) is 12.0. The van der Waals surface area contributed by atoms with Crippen LogP contribution in [-0.4, -0.2) is 20.5 Å². The molecule has 1 unspecified atom stereocenters. The average molecular weight is 403 g/mol. The Bertz CT molecular complexity index is 1020. The van der Waals surface area contributed by atoms with Gasteiger partial charge in [0.1, 0.15) is 10.7 Å². The molecule has 0 radical (unpaired) electrons. The predicted octanol–water partition coefficient (Wildman–Crippen LogP) is 2.82. The number of anilines is 2. The van der Waals surface area contributed by atoms with Crippen LogP contribution >= 0.6 is 0 Å². The van der Waals surface area contributed by atoms with E-state index in [-0.39, 0.29) is 11.4 Å². The highest BCUT2D eigenvalue weighted by Gasteiger charge is 2.37. The molecule has 2 aromatic rings. The van der Waals surface area contributed by atoms with Crippen molar-refractivity contribution in [2.24, 2.45) is 0 Å². The number of hydrogen-bond acceptors (Lipinski definition) is 4. The number of carbonyl (C=O) groups excluding carboxylic acids is 1. The molecular formula is C16H13F4N3O3S. The largest absolute Gasteiger partial charge is 0.416 e. The summed E-state index contributed by atoms with van der Waals surface area (Å²) in [5.41, 5.74) is -0.780. The molecule has 1 aliphatic rings. The van der Waals surface area contributed by atoms with Gasteiger partial charge in [0.25, 0.3) is 5.91 Å². The van der Waals surface area contributed by atoms with Crippen LogP contribution in [0, 0.1) is 12.7 Å². The van der Waals surface area contributed by atoms with Gasteiger partial charge in [-0.2, -0.15) is 17.9 Å². The van der Waals surface area contributed by atoms with Gasteiger partial charge < -0.3 is 10.6 Å². The first-order valence-corrected chi connectivity index (χ1v) is 9.03. The molecule has 6 nitrogen and oxygen atoms in total. The van der Waals surface area contributed by atoms with E-state index in [1.165, 1.54) is 19.1 Å². The minimum Gasteiger partial charge on any atom is -0.360 e. The maximum Gasteiger partial charge on any atom is 0.416 e. The third-order valence-electron chi connectivity index (χ3n) is 3.88. The van der Waals surface area contributed by atoms with Crippen LogP contribution < -0.4 is 15.4 Å². The number of alkyl halides is 3. The van der Waals surface area contributed by atoms with E-state index in [1.54, 1.807) is 0 Å². The molecule has 0 saturated heterocycles. The van der Waals surface area contributed by atoms with Crippen molar-refractivity contribution in [3.8, 4) is 0 Å². The molecule has 27 heavy (non-hydrogen) atoms. The molecule has 1 atom stereocenters. The van der Waals surface area contributed by atoms with E-state index >= 15 is 0 Å². The fourth-order valence-corrected chi connectivity index (χ4v) is 3.81. The lowest BCUT2D eigenvalue weighted by Gasteiger charge is -2.28. The minimum absolute atomic E-state index is 0.234. The lowest BCUT2D eigenvalue weighted by atomic mass is 10.2.